The van der Waals surface area contributed by atoms with Crippen LogP contribution in [0.5, 0.6) is 0 Å². The molecule has 1 fully saturated rings. The normalized spacial score (nSPS) is 14.4. The van der Waals surface area contributed by atoms with E-state index in [1.807, 2.05) is 30.0 Å². The zero-order valence-electron chi connectivity index (χ0n) is 15.8. The van der Waals surface area contributed by atoms with Gasteiger partial charge in [-0.3, -0.25) is 4.57 Å². The predicted molar refractivity (Wildman–Crippen MR) is 107 cm³/mol. The van der Waals surface area contributed by atoms with E-state index in [1.165, 1.54) is 16.7 Å². The molecule has 1 aromatic heterocycles. The molecular weight excluding hydrogens is 357 g/mol. The fourth-order valence-electron chi connectivity index (χ4n) is 3.43. The van der Waals surface area contributed by atoms with Gasteiger partial charge in [0.25, 0.3) is 0 Å². The second kappa shape index (κ2) is 7.80. The SMILES string of the molecule is Cc1cccc(Cn2cnc(N3CCN(c4ccc(F)cc4)CC3)nc2=O)c1. The molecular formula is C21H22FN5O. The molecule has 2 heterocycles. The number of nitrogens with zero attached hydrogens (tertiary/aromatic N) is 5. The summed E-state index contributed by atoms with van der Waals surface area (Å²) in [4.78, 5) is 25.2. The zero-order valence-corrected chi connectivity index (χ0v) is 15.8. The molecule has 1 aliphatic heterocycles. The van der Waals surface area contributed by atoms with Gasteiger partial charge in [0.2, 0.25) is 5.95 Å². The number of rotatable bonds is 4. The van der Waals surface area contributed by atoms with Crippen molar-refractivity contribution in [3.63, 3.8) is 0 Å². The summed E-state index contributed by atoms with van der Waals surface area (Å²) < 4.78 is 14.6. The Kier molecular flexibility index (Phi) is 5.06. The molecule has 0 spiro atoms. The number of halogens is 1. The van der Waals surface area contributed by atoms with Crippen molar-refractivity contribution in [2.45, 2.75) is 13.5 Å². The molecule has 3 aromatic rings. The van der Waals surface area contributed by atoms with Crippen LogP contribution >= 0.6 is 0 Å². The van der Waals surface area contributed by atoms with E-state index in [0.29, 0.717) is 25.6 Å². The molecule has 0 atom stereocenters. The predicted octanol–water partition coefficient (Wildman–Crippen LogP) is 2.46. The maximum Gasteiger partial charge on any atom is 0.352 e. The molecule has 0 N–H and O–H groups in total. The first-order valence-electron chi connectivity index (χ1n) is 9.33. The molecule has 28 heavy (non-hydrogen) atoms. The molecule has 4 rings (SSSR count). The molecule has 6 nitrogen and oxygen atoms in total. The first-order chi connectivity index (χ1) is 13.6. The van der Waals surface area contributed by atoms with Crippen molar-refractivity contribution in [2.75, 3.05) is 36.0 Å². The van der Waals surface area contributed by atoms with Crippen LogP contribution in [0.4, 0.5) is 16.0 Å². The van der Waals surface area contributed by atoms with Crippen molar-refractivity contribution in [2.24, 2.45) is 0 Å². The second-order valence-electron chi connectivity index (χ2n) is 7.01. The zero-order chi connectivity index (χ0) is 19.5. The highest BCUT2D eigenvalue weighted by atomic mass is 19.1. The van der Waals surface area contributed by atoms with Gasteiger partial charge in [-0.2, -0.15) is 4.98 Å². The Labute approximate surface area is 162 Å². The Morgan fingerprint density at radius 3 is 2.39 bits per heavy atom. The number of piperazine rings is 1. The molecule has 0 unspecified atom stereocenters. The standard InChI is InChI=1S/C21H22FN5O/c1-16-3-2-4-17(13-16)14-27-15-23-20(24-21(27)28)26-11-9-25(10-12-26)19-7-5-18(22)6-8-19/h2-8,13,15H,9-12,14H2,1H3. The molecule has 7 heteroatoms. The van der Waals surface area contributed by atoms with Crippen molar-refractivity contribution < 1.29 is 4.39 Å². The Balaban J connectivity index is 1.42. The molecule has 1 saturated heterocycles. The van der Waals surface area contributed by atoms with E-state index in [-0.39, 0.29) is 11.5 Å². The van der Waals surface area contributed by atoms with Crippen LogP contribution in [0.2, 0.25) is 0 Å². The smallest absolute Gasteiger partial charge is 0.352 e. The van der Waals surface area contributed by atoms with E-state index >= 15 is 0 Å². The lowest BCUT2D eigenvalue weighted by Gasteiger charge is -2.36. The van der Waals surface area contributed by atoms with Gasteiger partial charge in [-0.25, -0.2) is 14.2 Å². The van der Waals surface area contributed by atoms with Crippen molar-refractivity contribution >= 4 is 11.6 Å². The van der Waals surface area contributed by atoms with E-state index in [2.05, 4.69) is 20.9 Å². The summed E-state index contributed by atoms with van der Waals surface area (Å²) in [7, 11) is 0. The third kappa shape index (κ3) is 4.03. The molecule has 0 saturated carbocycles. The summed E-state index contributed by atoms with van der Waals surface area (Å²) in [5.41, 5.74) is 2.90. The summed E-state index contributed by atoms with van der Waals surface area (Å²) in [6, 6.07) is 14.6. The van der Waals surface area contributed by atoms with Crippen molar-refractivity contribution in [3.8, 4) is 0 Å². The summed E-state index contributed by atoms with van der Waals surface area (Å²) in [5.74, 6) is 0.228. The van der Waals surface area contributed by atoms with E-state index in [0.717, 1.165) is 29.9 Å². The Hall–Kier alpha value is -3.22. The third-order valence-electron chi connectivity index (χ3n) is 4.94. The van der Waals surface area contributed by atoms with Crippen LogP contribution in [0.3, 0.4) is 0 Å². The fraction of sp³-hybridized carbons (Fsp3) is 0.286. The monoisotopic (exact) mass is 379 g/mol. The van der Waals surface area contributed by atoms with Crippen molar-refractivity contribution in [3.05, 3.63) is 82.3 Å². The van der Waals surface area contributed by atoms with Crippen LogP contribution in [0.1, 0.15) is 11.1 Å². The highest BCUT2D eigenvalue weighted by Gasteiger charge is 2.20. The van der Waals surface area contributed by atoms with Crippen LogP contribution in [0.15, 0.2) is 59.7 Å². The number of hydrogen-bond donors (Lipinski definition) is 0. The largest absolute Gasteiger partial charge is 0.368 e. The van der Waals surface area contributed by atoms with Crippen molar-refractivity contribution in [1.82, 2.24) is 14.5 Å². The van der Waals surface area contributed by atoms with Crippen LogP contribution in [-0.4, -0.2) is 40.7 Å². The van der Waals surface area contributed by atoms with E-state index in [1.54, 1.807) is 18.5 Å². The number of aryl methyl sites for hydroxylation is 1. The highest BCUT2D eigenvalue weighted by molar-refractivity contribution is 5.48. The molecule has 2 aromatic carbocycles. The van der Waals surface area contributed by atoms with Crippen LogP contribution in [0, 0.1) is 12.7 Å². The van der Waals surface area contributed by atoms with Gasteiger partial charge in [0.15, 0.2) is 0 Å². The van der Waals surface area contributed by atoms with Gasteiger partial charge in [-0.1, -0.05) is 29.8 Å². The molecule has 0 aliphatic carbocycles. The molecule has 0 amide bonds. The first kappa shape index (κ1) is 18.2. The molecule has 0 bridgehead atoms. The van der Waals surface area contributed by atoms with Gasteiger partial charge in [0.05, 0.1) is 6.54 Å². The van der Waals surface area contributed by atoms with E-state index in [9.17, 15) is 9.18 Å². The summed E-state index contributed by atoms with van der Waals surface area (Å²) in [5, 5.41) is 0. The van der Waals surface area contributed by atoms with Gasteiger partial charge in [-0.05, 0) is 36.8 Å². The average molecular weight is 379 g/mol. The first-order valence-corrected chi connectivity index (χ1v) is 9.33. The average Bonchev–Trinajstić information content (AvgIpc) is 2.70. The van der Waals surface area contributed by atoms with Gasteiger partial charge in [0.1, 0.15) is 12.1 Å². The lowest BCUT2D eigenvalue weighted by molar-refractivity contribution is 0.617. The van der Waals surface area contributed by atoms with Gasteiger partial charge >= 0.3 is 5.69 Å². The van der Waals surface area contributed by atoms with Gasteiger partial charge in [-0.15, -0.1) is 0 Å². The Morgan fingerprint density at radius 1 is 1.00 bits per heavy atom. The van der Waals surface area contributed by atoms with Gasteiger partial charge in [0, 0.05) is 31.9 Å². The summed E-state index contributed by atoms with van der Waals surface area (Å²) in [6.07, 6.45) is 1.57. The summed E-state index contributed by atoms with van der Waals surface area (Å²) >= 11 is 0. The number of benzene rings is 2. The molecule has 144 valence electrons. The minimum atomic E-state index is -0.299. The van der Waals surface area contributed by atoms with E-state index in [4.69, 9.17) is 0 Å². The number of aromatic nitrogens is 3. The third-order valence-corrected chi connectivity index (χ3v) is 4.94. The minimum Gasteiger partial charge on any atom is -0.368 e. The number of hydrogen-bond acceptors (Lipinski definition) is 5. The highest BCUT2D eigenvalue weighted by Crippen LogP contribution is 2.18. The van der Waals surface area contributed by atoms with Crippen LogP contribution in [-0.2, 0) is 6.54 Å². The fourth-order valence-corrected chi connectivity index (χ4v) is 3.43. The lowest BCUT2D eigenvalue weighted by Crippen LogP contribution is -2.47. The van der Waals surface area contributed by atoms with E-state index < -0.39 is 0 Å². The quantitative estimate of drug-likeness (QED) is 0.697. The Bertz CT molecular complexity index is 1010. The maximum absolute atomic E-state index is 13.1. The van der Waals surface area contributed by atoms with Crippen LogP contribution in [0.25, 0.3) is 0 Å². The molecule has 0 radical (unpaired) electrons. The maximum atomic E-state index is 13.1. The second-order valence-corrected chi connectivity index (χ2v) is 7.01. The van der Waals surface area contributed by atoms with Crippen LogP contribution < -0.4 is 15.5 Å². The number of anilines is 2. The van der Waals surface area contributed by atoms with Gasteiger partial charge < -0.3 is 9.80 Å². The minimum absolute atomic E-state index is 0.234. The van der Waals surface area contributed by atoms with Crippen molar-refractivity contribution in [1.29, 1.82) is 0 Å². The topological polar surface area (TPSA) is 54.3 Å². The molecule has 1 aliphatic rings. The Morgan fingerprint density at radius 2 is 1.71 bits per heavy atom. The lowest BCUT2D eigenvalue weighted by atomic mass is 10.1. The summed E-state index contributed by atoms with van der Waals surface area (Å²) in [6.45, 7) is 5.43.